The summed E-state index contributed by atoms with van der Waals surface area (Å²) >= 11 is 5.73. The van der Waals surface area contributed by atoms with Gasteiger partial charge in [0.05, 0.1) is 30.4 Å². The summed E-state index contributed by atoms with van der Waals surface area (Å²) in [5, 5.41) is 9.46. The molecule has 0 fully saturated rings. The van der Waals surface area contributed by atoms with Crippen LogP contribution in [0.15, 0.2) is 18.2 Å². The number of amides is 3. The second-order valence-corrected chi connectivity index (χ2v) is 6.90. The van der Waals surface area contributed by atoms with Crippen LogP contribution in [0.4, 0.5) is 19.3 Å². The van der Waals surface area contributed by atoms with Crippen molar-refractivity contribution in [2.45, 2.75) is 25.7 Å². The molecule has 0 spiro atoms. The van der Waals surface area contributed by atoms with E-state index in [-0.39, 0.29) is 24.7 Å². The zero-order valence-electron chi connectivity index (χ0n) is 14.1. The first-order valence-corrected chi connectivity index (χ1v) is 8.82. The number of alkyl halides is 1. The summed E-state index contributed by atoms with van der Waals surface area (Å²) in [7, 11) is 0. The van der Waals surface area contributed by atoms with Crippen molar-refractivity contribution >= 4 is 29.2 Å². The molecule has 1 aromatic heterocycles. The van der Waals surface area contributed by atoms with Gasteiger partial charge in [-0.2, -0.15) is 5.10 Å². The summed E-state index contributed by atoms with van der Waals surface area (Å²) in [5.74, 6) is -0.964. The fraction of sp³-hybridized carbons (Fsp3) is 0.353. The van der Waals surface area contributed by atoms with Gasteiger partial charge in [0.15, 0.2) is 0 Å². The van der Waals surface area contributed by atoms with Crippen molar-refractivity contribution in [3.8, 4) is 0 Å². The van der Waals surface area contributed by atoms with Gasteiger partial charge in [-0.25, -0.2) is 13.6 Å². The lowest BCUT2D eigenvalue weighted by atomic mass is 10.1. The molecular weight excluding hydrogens is 380 g/mol. The molecule has 1 unspecified atom stereocenters. The van der Waals surface area contributed by atoms with E-state index in [0.29, 0.717) is 35.6 Å². The van der Waals surface area contributed by atoms with Gasteiger partial charge in [0.1, 0.15) is 17.7 Å². The number of fused-ring (bicyclic) bond motifs is 3. The van der Waals surface area contributed by atoms with Gasteiger partial charge in [0.25, 0.3) is 5.91 Å². The Morgan fingerprint density at radius 1 is 1.41 bits per heavy atom. The van der Waals surface area contributed by atoms with E-state index in [2.05, 4.69) is 15.7 Å². The largest absolute Gasteiger partial charge is 0.348 e. The van der Waals surface area contributed by atoms with Crippen LogP contribution in [-0.2, 0) is 19.5 Å². The highest BCUT2D eigenvalue weighted by molar-refractivity contribution is 6.31. The number of carbonyl (C=O) groups is 2. The van der Waals surface area contributed by atoms with E-state index < -0.39 is 23.9 Å². The fourth-order valence-electron chi connectivity index (χ4n) is 3.30. The third-order valence-electron chi connectivity index (χ3n) is 4.63. The molecule has 4 rings (SSSR count). The van der Waals surface area contributed by atoms with Crippen molar-refractivity contribution in [2.24, 2.45) is 0 Å². The number of anilines is 1. The zero-order valence-corrected chi connectivity index (χ0v) is 14.9. The van der Waals surface area contributed by atoms with Gasteiger partial charge in [-0.05, 0) is 18.2 Å². The van der Waals surface area contributed by atoms with E-state index in [9.17, 15) is 18.4 Å². The number of hydrogen-bond acceptors (Lipinski definition) is 3. The predicted molar refractivity (Wildman–Crippen MR) is 94.0 cm³/mol. The fourth-order valence-corrected chi connectivity index (χ4v) is 3.48. The maximum absolute atomic E-state index is 13.8. The number of nitrogens with zero attached hydrogens (tertiary/aromatic N) is 3. The van der Waals surface area contributed by atoms with E-state index in [1.165, 1.54) is 27.8 Å². The highest BCUT2D eigenvalue weighted by atomic mass is 35.5. The molecule has 0 aliphatic carbocycles. The second-order valence-electron chi connectivity index (χ2n) is 6.49. The normalized spacial score (nSPS) is 19.0. The van der Waals surface area contributed by atoms with Gasteiger partial charge < -0.3 is 15.5 Å². The number of urea groups is 1. The number of nitrogens with one attached hydrogen (secondary N) is 2. The van der Waals surface area contributed by atoms with E-state index >= 15 is 0 Å². The van der Waals surface area contributed by atoms with E-state index in [1.54, 1.807) is 0 Å². The van der Waals surface area contributed by atoms with Crippen molar-refractivity contribution in [1.29, 1.82) is 0 Å². The third kappa shape index (κ3) is 3.34. The molecule has 2 aliphatic rings. The number of aromatic nitrogens is 2. The van der Waals surface area contributed by atoms with Gasteiger partial charge in [-0.1, -0.05) is 11.6 Å². The first-order chi connectivity index (χ1) is 12.9. The van der Waals surface area contributed by atoms with Crippen LogP contribution >= 0.6 is 11.6 Å². The quantitative estimate of drug-likeness (QED) is 0.778. The average Bonchev–Trinajstić information content (AvgIpc) is 2.92. The second kappa shape index (κ2) is 6.80. The molecule has 3 heterocycles. The summed E-state index contributed by atoms with van der Waals surface area (Å²) in [4.78, 5) is 26.4. The lowest BCUT2D eigenvalue weighted by Gasteiger charge is -2.27. The number of carbonyl (C=O) groups excluding carboxylic acids is 2. The molecule has 2 aromatic rings. The summed E-state index contributed by atoms with van der Waals surface area (Å²) in [5.41, 5.74) is 1.99. The minimum atomic E-state index is -1.21. The van der Waals surface area contributed by atoms with Crippen molar-refractivity contribution in [3.05, 3.63) is 46.0 Å². The van der Waals surface area contributed by atoms with Gasteiger partial charge in [-0.15, -0.1) is 0 Å². The summed E-state index contributed by atoms with van der Waals surface area (Å²) < 4.78 is 28.4. The van der Waals surface area contributed by atoms with Crippen LogP contribution in [0.25, 0.3) is 0 Å². The molecule has 7 nitrogen and oxygen atoms in total. The van der Waals surface area contributed by atoms with Crippen LogP contribution < -0.4 is 10.6 Å². The minimum Gasteiger partial charge on any atom is -0.348 e. The van der Waals surface area contributed by atoms with Gasteiger partial charge >= 0.3 is 6.03 Å². The molecule has 142 valence electrons. The molecule has 0 saturated heterocycles. The molecule has 2 aliphatic heterocycles. The van der Waals surface area contributed by atoms with Crippen LogP contribution in [0.3, 0.4) is 0 Å². The average molecular weight is 396 g/mol. The first kappa shape index (κ1) is 17.7. The van der Waals surface area contributed by atoms with Crippen LogP contribution in [0.1, 0.15) is 21.7 Å². The summed E-state index contributed by atoms with van der Waals surface area (Å²) in [6.07, 6.45) is -0.754. The molecule has 3 amide bonds. The Labute approximate surface area is 158 Å². The molecule has 27 heavy (non-hydrogen) atoms. The topological polar surface area (TPSA) is 79.3 Å². The first-order valence-electron chi connectivity index (χ1n) is 8.44. The molecule has 0 saturated carbocycles. The Balaban J connectivity index is 1.55. The van der Waals surface area contributed by atoms with E-state index in [0.717, 1.165) is 0 Å². The number of hydrogen-bond donors (Lipinski definition) is 2. The molecular formula is C17H16ClF2N5O2. The Kier molecular flexibility index (Phi) is 4.47. The SMILES string of the molecule is O=C1NCC(F)Cn2nc3c(c21)CN(C(=O)Nc1ccc(F)c(Cl)c1)CC3. The van der Waals surface area contributed by atoms with Crippen LogP contribution in [-0.4, -0.2) is 45.9 Å². The molecule has 10 heteroatoms. The summed E-state index contributed by atoms with van der Waals surface area (Å²) in [6, 6.07) is 3.50. The Bertz CT molecular complexity index is 932. The monoisotopic (exact) mass is 395 g/mol. The lowest BCUT2D eigenvalue weighted by Crippen LogP contribution is -2.39. The van der Waals surface area contributed by atoms with Crippen molar-refractivity contribution in [2.75, 3.05) is 18.4 Å². The molecule has 2 N–H and O–H groups in total. The van der Waals surface area contributed by atoms with Gasteiger partial charge in [0, 0.05) is 24.2 Å². The van der Waals surface area contributed by atoms with Crippen molar-refractivity contribution in [3.63, 3.8) is 0 Å². The Morgan fingerprint density at radius 3 is 3.00 bits per heavy atom. The maximum Gasteiger partial charge on any atom is 0.322 e. The number of halogens is 3. The van der Waals surface area contributed by atoms with E-state index in [4.69, 9.17) is 11.6 Å². The highest BCUT2D eigenvalue weighted by Gasteiger charge is 2.32. The minimum absolute atomic E-state index is 0.00134. The standard InChI is InChI=1S/C17H16ClF2N5O2/c18-12-5-10(1-2-13(12)20)22-17(27)24-4-3-14-11(8-24)15-16(26)21-6-9(19)7-25(15)23-14/h1-2,5,9H,3-4,6-8H2,(H,21,26)(H,22,27). The molecule has 1 aromatic carbocycles. The van der Waals surface area contributed by atoms with Crippen molar-refractivity contribution < 1.29 is 18.4 Å². The highest BCUT2D eigenvalue weighted by Crippen LogP contribution is 2.25. The van der Waals surface area contributed by atoms with E-state index in [1.807, 2.05) is 0 Å². The Hall–Kier alpha value is -2.68. The van der Waals surface area contributed by atoms with Crippen LogP contribution in [0.2, 0.25) is 5.02 Å². The smallest absolute Gasteiger partial charge is 0.322 e. The predicted octanol–water partition coefficient (Wildman–Crippen LogP) is 2.35. The third-order valence-corrected chi connectivity index (χ3v) is 4.92. The lowest BCUT2D eigenvalue weighted by molar-refractivity contribution is 0.0943. The van der Waals surface area contributed by atoms with Gasteiger partial charge in [-0.3, -0.25) is 9.48 Å². The number of rotatable bonds is 1. The Morgan fingerprint density at radius 2 is 2.22 bits per heavy atom. The van der Waals surface area contributed by atoms with Crippen LogP contribution in [0.5, 0.6) is 0 Å². The zero-order chi connectivity index (χ0) is 19.1. The molecule has 1 atom stereocenters. The summed E-state index contributed by atoms with van der Waals surface area (Å²) in [6.45, 7) is 0.508. The van der Waals surface area contributed by atoms with Crippen LogP contribution in [0, 0.1) is 5.82 Å². The molecule has 0 bridgehead atoms. The number of benzene rings is 1. The maximum atomic E-state index is 13.8. The molecule has 0 radical (unpaired) electrons. The van der Waals surface area contributed by atoms with Gasteiger partial charge in [0.2, 0.25) is 0 Å². The van der Waals surface area contributed by atoms with Crippen molar-refractivity contribution in [1.82, 2.24) is 20.0 Å².